The minimum absolute atomic E-state index is 0.140. The lowest BCUT2D eigenvalue weighted by molar-refractivity contribution is -0.147. The van der Waals surface area contributed by atoms with Gasteiger partial charge in [0, 0.05) is 0 Å². The van der Waals surface area contributed by atoms with Crippen LogP contribution in [0, 0.1) is 0 Å². The number of hydrogen-bond donors (Lipinski definition) is 1. The maximum atomic E-state index is 12.7. The van der Waals surface area contributed by atoms with Crippen molar-refractivity contribution in [1.82, 2.24) is 5.32 Å². The molecule has 1 amide bonds. The Morgan fingerprint density at radius 1 is 1.00 bits per heavy atom. The van der Waals surface area contributed by atoms with Gasteiger partial charge < -0.3 is 19.5 Å². The number of alkyl carbamates (subject to hydrolysis) is 1. The number of amides is 1. The Balaban J connectivity index is 2.05. The van der Waals surface area contributed by atoms with Crippen LogP contribution in [0.5, 0.6) is 5.75 Å². The molecule has 0 spiro atoms. The van der Waals surface area contributed by atoms with E-state index in [-0.39, 0.29) is 6.61 Å². The summed E-state index contributed by atoms with van der Waals surface area (Å²) < 4.78 is 16.1. The second-order valence-electron chi connectivity index (χ2n) is 7.64. The van der Waals surface area contributed by atoms with Crippen molar-refractivity contribution in [3.8, 4) is 5.75 Å². The Morgan fingerprint density at radius 2 is 1.66 bits per heavy atom. The molecule has 0 aliphatic rings. The van der Waals surface area contributed by atoms with Gasteiger partial charge in [-0.15, -0.1) is 0 Å². The Bertz CT molecular complexity index is 798. The second-order valence-corrected chi connectivity index (χ2v) is 7.64. The number of rotatable bonds is 8. The van der Waals surface area contributed by atoms with Crippen LogP contribution in [0.3, 0.4) is 0 Å². The minimum Gasteiger partial charge on any atom is -0.496 e. The molecule has 1 unspecified atom stereocenters. The number of esters is 1. The lowest BCUT2D eigenvalue weighted by Gasteiger charge is -2.23. The zero-order valence-electron chi connectivity index (χ0n) is 17.4. The Kier molecular flexibility index (Phi) is 8.07. The predicted molar refractivity (Wildman–Crippen MR) is 111 cm³/mol. The molecule has 1 atom stereocenters. The first-order valence-electron chi connectivity index (χ1n) is 9.60. The number of carbonyl (C=O) groups is 2. The molecule has 0 fully saturated rings. The summed E-state index contributed by atoms with van der Waals surface area (Å²) in [6.45, 7) is 5.44. The summed E-state index contributed by atoms with van der Waals surface area (Å²) in [6.07, 6.45) is 0.234. The van der Waals surface area contributed by atoms with Crippen molar-refractivity contribution in [2.24, 2.45) is 0 Å². The summed E-state index contributed by atoms with van der Waals surface area (Å²) in [7, 11) is 1.60. The van der Waals surface area contributed by atoms with Crippen LogP contribution in [0.2, 0.25) is 0 Å². The largest absolute Gasteiger partial charge is 0.496 e. The van der Waals surface area contributed by atoms with Crippen molar-refractivity contribution < 1.29 is 23.8 Å². The standard InChI is InChI=1S/C23H29NO5/c1-23(2,3)29-22(26)24-19(15-14-18-12-8-9-13-20(18)27-4)21(25)28-16-17-10-6-5-7-11-17/h5-13,19H,14-16H2,1-4H3,(H,24,26). The molecule has 6 nitrogen and oxygen atoms in total. The zero-order chi connectivity index (χ0) is 21.3. The number of nitrogens with one attached hydrogen (secondary N) is 1. The van der Waals surface area contributed by atoms with Gasteiger partial charge in [0.05, 0.1) is 7.11 Å². The molecule has 156 valence electrons. The lowest BCUT2D eigenvalue weighted by atomic mass is 10.0. The summed E-state index contributed by atoms with van der Waals surface area (Å²) in [4.78, 5) is 24.9. The molecule has 0 bridgehead atoms. The normalized spacial score (nSPS) is 12.0. The van der Waals surface area contributed by atoms with Gasteiger partial charge in [0.25, 0.3) is 0 Å². The van der Waals surface area contributed by atoms with E-state index in [2.05, 4.69) is 5.32 Å². The SMILES string of the molecule is COc1ccccc1CCC(NC(=O)OC(C)(C)C)C(=O)OCc1ccccc1. The van der Waals surface area contributed by atoms with Gasteiger partial charge in [0.15, 0.2) is 0 Å². The van der Waals surface area contributed by atoms with E-state index in [9.17, 15) is 9.59 Å². The lowest BCUT2D eigenvalue weighted by Crippen LogP contribution is -2.44. The first-order valence-corrected chi connectivity index (χ1v) is 9.60. The van der Waals surface area contributed by atoms with Crippen molar-refractivity contribution in [3.63, 3.8) is 0 Å². The van der Waals surface area contributed by atoms with Crippen molar-refractivity contribution in [3.05, 3.63) is 65.7 Å². The van der Waals surface area contributed by atoms with E-state index >= 15 is 0 Å². The van der Waals surface area contributed by atoms with Crippen LogP contribution in [0.15, 0.2) is 54.6 Å². The molecule has 0 aliphatic carbocycles. The van der Waals surface area contributed by atoms with Crippen molar-refractivity contribution in [1.29, 1.82) is 0 Å². The second kappa shape index (κ2) is 10.5. The van der Waals surface area contributed by atoms with E-state index < -0.39 is 23.7 Å². The molecule has 29 heavy (non-hydrogen) atoms. The third-order valence-corrected chi connectivity index (χ3v) is 4.09. The number of carbonyl (C=O) groups excluding carboxylic acids is 2. The summed E-state index contributed by atoms with van der Waals surface area (Å²) in [5.41, 5.74) is 1.16. The first kappa shape index (κ1) is 22.3. The third kappa shape index (κ3) is 7.86. The van der Waals surface area contributed by atoms with E-state index in [1.807, 2.05) is 54.6 Å². The van der Waals surface area contributed by atoms with Crippen molar-refractivity contribution >= 4 is 12.1 Å². The van der Waals surface area contributed by atoms with Gasteiger partial charge in [-0.1, -0.05) is 48.5 Å². The van der Waals surface area contributed by atoms with Crippen molar-refractivity contribution in [2.75, 3.05) is 7.11 Å². The third-order valence-electron chi connectivity index (χ3n) is 4.09. The average Bonchev–Trinajstić information content (AvgIpc) is 2.69. The van der Waals surface area contributed by atoms with E-state index in [0.717, 1.165) is 16.9 Å². The van der Waals surface area contributed by atoms with Crippen LogP contribution in [0.4, 0.5) is 4.79 Å². The molecule has 0 saturated carbocycles. The molecule has 2 aromatic rings. The van der Waals surface area contributed by atoms with Crippen LogP contribution >= 0.6 is 0 Å². The summed E-state index contributed by atoms with van der Waals surface area (Å²) in [6, 6.07) is 16.1. The molecule has 0 heterocycles. The first-order chi connectivity index (χ1) is 13.8. The minimum atomic E-state index is -0.835. The van der Waals surface area contributed by atoms with Gasteiger partial charge in [-0.3, -0.25) is 0 Å². The van der Waals surface area contributed by atoms with Crippen LogP contribution < -0.4 is 10.1 Å². The van der Waals surface area contributed by atoms with Crippen LogP contribution in [-0.4, -0.2) is 30.8 Å². The highest BCUT2D eigenvalue weighted by Gasteiger charge is 2.26. The van der Waals surface area contributed by atoms with E-state index in [1.54, 1.807) is 27.9 Å². The van der Waals surface area contributed by atoms with E-state index in [0.29, 0.717) is 12.8 Å². The Labute approximate surface area is 172 Å². The molecule has 2 rings (SSSR count). The van der Waals surface area contributed by atoms with Crippen LogP contribution in [-0.2, 0) is 27.3 Å². The van der Waals surface area contributed by atoms with Gasteiger partial charge in [0.2, 0.25) is 0 Å². The fourth-order valence-electron chi connectivity index (χ4n) is 2.74. The number of benzene rings is 2. The van der Waals surface area contributed by atoms with E-state index in [1.165, 1.54) is 0 Å². The quantitative estimate of drug-likeness (QED) is 0.671. The molecule has 0 aliphatic heterocycles. The molecule has 2 aromatic carbocycles. The summed E-state index contributed by atoms with van der Waals surface area (Å²) in [5, 5.41) is 2.64. The summed E-state index contributed by atoms with van der Waals surface area (Å²) >= 11 is 0. The fraction of sp³-hybridized carbons (Fsp3) is 0.391. The van der Waals surface area contributed by atoms with Crippen LogP contribution in [0.25, 0.3) is 0 Å². The molecule has 0 aromatic heterocycles. The van der Waals surface area contributed by atoms with Gasteiger partial charge in [-0.2, -0.15) is 0 Å². The number of aryl methyl sites for hydroxylation is 1. The number of methoxy groups -OCH3 is 1. The molecule has 1 N–H and O–H groups in total. The van der Waals surface area contributed by atoms with Gasteiger partial charge >= 0.3 is 12.1 Å². The maximum Gasteiger partial charge on any atom is 0.408 e. The highest BCUT2D eigenvalue weighted by atomic mass is 16.6. The highest BCUT2D eigenvalue weighted by Crippen LogP contribution is 2.20. The molecular formula is C23H29NO5. The molecule has 6 heteroatoms. The average molecular weight is 399 g/mol. The topological polar surface area (TPSA) is 73.9 Å². The maximum absolute atomic E-state index is 12.7. The van der Waals surface area contributed by atoms with Gasteiger partial charge in [0.1, 0.15) is 24.0 Å². The zero-order valence-corrected chi connectivity index (χ0v) is 17.4. The molecular weight excluding hydrogens is 370 g/mol. The number of para-hydroxylation sites is 1. The van der Waals surface area contributed by atoms with Crippen LogP contribution in [0.1, 0.15) is 38.3 Å². The Hall–Kier alpha value is -3.02. The Morgan fingerprint density at radius 3 is 2.31 bits per heavy atom. The highest BCUT2D eigenvalue weighted by molar-refractivity contribution is 5.81. The van der Waals surface area contributed by atoms with E-state index in [4.69, 9.17) is 14.2 Å². The monoisotopic (exact) mass is 399 g/mol. The molecule has 0 radical (unpaired) electrons. The fourth-order valence-corrected chi connectivity index (χ4v) is 2.74. The number of hydrogen-bond acceptors (Lipinski definition) is 5. The predicted octanol–water partition coefficient (Wildman–Crippen LogP) is 4.26. The molecule has 0 saturated heterocycles. The smallest absolute Gasteiger partial charge is 0.408 e. The summed E-state index contributed by atoms with van der Waals surface area (Å²) in [5.74, 6) is 0.232. The number of ether oxygens (including phenoxy) is 3. The van der Waals surface area contributed by atoms with Crippen molar-refractivity contribution in [2.45, 2.75) is 51.9 Å². The van der Waals surface area contributed by atoms with Gasteiger partial charge in [-0.25, -0.2) is 9.59 Å². The van der Waals surface area contributed by atoms with Gasteiger partial charge in [-0.05, 0) is 50.8 Å².